The van der Waals surface area contributed by atoms with Crippen molar-refractivity contribution in [3.8, 4) is 0 Å². The van der Waals surface area contributed by atoms with Crippen molar-refractivity contribution in [3.05, 3.63) is 21.3 Å². The van der Waals surface area contributed by atoms with Gasteiger partial charge in [0, 0.05) is 11.9 Å². The number of rotatable bonds is 4. The van der Waals surface area contributed by atoms with Gasteiger partial charge in [0.15, 0.2) is 0 Å². The van der Waals surface area contributed by atoms with Crippen molar-refractivity contribution < 1.29 is 14.7 Å². The van der Waals surface area contributed by atoms with Crippen LogP contribution in [0.1, 0.15) is 30.6 Å². The summed E-state index contributed by atoms with van der Waals surface area (Å²) in [5.41, 5.74) is 0. The minimum absolute atomic E-state index is 0.0679. The third-order valence-corrected chi connectivity index (χ3v) is 5.01. The van der Waals surface area contributed by atoms with E-state index < -0.39 is 11.9 Å². The number of carboxylic acids is 1. The van der Waals surface area contributed by atoms with E-state index >= 15 is 0 Å². The van der Waals surface area contributed by atoms with E-state index in [4.69, 9.17) is 11.6 Å². The Balaban J connectivity index is 2.02. The Morgan fingerprint density at radius 2 is 2.00 bits per heavy atom. The average molecular weight is 316 g/mol. The third kappa shape index (κ3) is 3.52. The van der Waals surface area contributed by atoms with Gasteiger partial charge in [0.05, 0.1) is 22.7 Å². The minimum Gasteiger partial charge on any atom is -0.481 e. The molecule has 0 spiro atoms. The number of carboxylic acid groups (broad SMARTS) is 1. The molecule has 1 aliphatic carbocycles. The zero-order valence-electron chi connectivity index (χ0n) is 11.3. The summed E-state index contributed by atoms with van der Waals surface area (Å²) in [5.74, 6) is -1.84. The molecule has 0 aromatic carbocycles. The number of amides is 1. The van der Waals surface area contributed by atoms with Gasteiger partial charge in [-0.2, -0.15) is 0 Å². The fourth-order valence-electron chi connectivity index (χ4n) is 2.75. The van der Waals surface area contributed by atoms with Gasteiger partial charge in [-0.25, -0.2) is 0 Å². The van der Waals surface area contributed by atoms with Crippen molar-refractivity contribution in [2.45, 2.75) is 32.2 Å². The van der Waals surface area contributed by atoms with Gasteiger partial charge in [-0.15, -0.1) is 11.3 Å². The van der Waals surface area contributed by atoms with Crippen molar-refractivity contribution in [1.29, 1.82) is 0 Å². The maximum Gasteiger partial charge on any atom is 0.307 e. The Kier molecular flexibility index (Phi) is 5.05. The number of nitrogens with zero attached hydrogens (tertiary/aromatic N) is 1. The van der Waals surface area contributed by atoms with E-state index in [1.54, 1.807) is 18.0 Å². The monoisotopic (exact) mass is 315 g/mol. The van der Waals surface area contributed by atoms with Crippen molar-refractivity contribution in [2.24, 2.45) is 11.8 Å². The first-order chi connectivity index (χ1) is 9.49. The van der Waals surface area contributed by atoms with Crippen LogP contribution in [-0.2, 0) is 16.1 Å². The van der Waals surface area contributed by atoms with Gasteiger partial charge in [-0.1, -0.05) is 24.4 Å². The van der Waals surface area contributed by atoms with Gasteiger partial charge in [0.1, 0.15) is 0 Å². The van der Waals surface area contributed by atoms with E-state index in [0.717, 1.165) is 17.7 Å². The summed E-state index contributed by atoms with van der Waals surface area (Å²) in [6.07, 6.45) is 3.10. The van der Waals surface area contributed by atoms with Crippen LogP contribution in [0.25, 0.3) is 0 Å². The number of halogens is 1. The first-order valence-corrected chi connectivity index (χ1v) is 7.90. The standard InChI is InChI=1S/C14H18ClNO3S/c1-16(8-9-6-7-12(15)20-9)13(17)10-4-2-3-5-11(10)14(18)19/h6-7,10-11H,2-5,8H2,1H3,(H,18,19)/t10-,11+/m1/s1. The maximum atomic E-state index is 12.5. The molecule has 0 unspecified atom stereocenters. The molecule has 1 aliphatic rings. The van der Waals surface area contributed by atoms with Gasteiger partial charge in [-0.3, -0.25) is 9.59 Å². The van der Waals surface area contributed by atoms with E-state index in [1.807, 2.05) is 6.07 Å². The Labute approximate surface area is 127 Å². The zero-order chi connectivity index (χ0) is 14.7. The molecule has 2 rings (SSSR count). The molecule has 110 valence electrons. The van der Waals surface area contributed by atoms with Crippen LogP contribution in [-0.4, -0.2) is 28.9 Å². The molecule has 2 atom stereocenters. The van der Waals surface area contributed by atoms with Gasteiger partial charge in [-0.05, 0) is 25.0 Å². The maximum absolute atomic E-state index is 12.5. The number of hydrogen-bond acceptors (Lipinski definition) is 3. The van der Waals surface area contributed by atoms with Crippen molar-refractivity contribution in [3.63, 3.8) is 0 Å². The van der Waals surface area contributed by atoms with Gasteiger partial charge in [0.2, 0.25) is 5.91 Å². The predicted molar refractivity (Wildman–Crippen MR) is 78.9 cm³/mol. The Bertz CT molecular complexity index is 502. The molecule has 6 heteroatoms. The molecule has 0 saturated heterocycles. The zero-order valence-corrected chi connectivity index (χ0v) is 12.9. The van der Waals surface area contributed by atoms with E-state index in [0.29, 0.717) is 23.7 Å². The smallest absolute Gasteiger partial charge is 0.307 e. The second kappa shape index (κ2) is 6.59. The second-order valence-electron chi connectivity index (χ2n) is 5.24. The largest absolute Gasteiger partial charge is 0.481 e. The third-order valence-electron chi connectivity index (χ3n) is 3.80. The molecular weight excluding hydrogens is 298 g/mol. The topological polar surface area (TPSA) is 57.6 Å². The van der Waals surface area contributed by atoms with Crippen LogP contribution in [0.15, 0.2) is 12.1 Å². The lowest BCUT2D eigenvalue weighted by Crippen LogP contribution is -2.40. The fraction of sp³-hybridized carbons (Fsp3) is 0.571. The normalized spacial score (nSPS) is 22.5. The van der Waals surface area contributed by atoms with Gasteiger partial charge in [0.25, 0.3) is 0 Å². The van der Waals surface area contributed by atoms with Crippen molar-refractivity contribution in [2.75, 3.05) is 7.05 Å². The molecule has 0 aliphatic heterocycles. The molecule has 1 N–H and O–H groups in total. The average Bonchev–Trinajstić information content (AvgIpc) is 2.83. The highest BCUT2D eigenvalue weighted by Crippen LogP contribution is 2.32. The van der Waals surface area contributed by atoms with Crippen LogP contribution < -0.4 is 0 Å². The minimum atomic E-state index is -0.851. The summed E-state index contributed by atoms with van der Waals surface area (Å²) in [4.78, 5) is 26.4. The molecule has 20 heavy (non-hydrogen) atoms. The van der Waals surface area contributed by atoms with Crippen LogP contribution in [0.5, 0.6) is 0 Å². The number of aliphatic carboxylic acids is 1. The molecule has 0 bridgehead atoms. The molecule has 1 aromatic heterocycles. The van der Waals surface area contributed by atoms with Crippen LogP contribution in [0.3, 0.4) is 0 Å². The van der Waals surface area contributed by atoms with Crippen LogP contribution in [0, 0.1) is 11.8 Å². The van der Waals surface area contributed by atoms with E-state index in [2.05, 4.69) is 0 Å². The number of carbonyl (C=O) groups excluding carboxylic acids is 1. The highest BCUT2D eigenvalue weighted by Gasteiger charge is 2.37. The summed E-state index contributed by atoms with van der Waals surface area (Å²) in [6, 6.07) is 3.70. The quantitative estimate of drug-likeness (QED) is 0.928. The molecule has 1 amide bonds. The van der Waals surface area contributed by atoms with Crippen LogP contribution >= 0.6 is 22.9 Å². The molecule has 0 radical (unpaired) electrons. The molecule has 4 nitrogen and oxygen atoms in total. The summed E-state index contributed by atoms with van der Waals surface area (Å²) >= 11 is 7.32. The molecule has 1 saturated carbocycles. The summed E-state index contributed by atoms with van der Waals surface area (Å²) < 4.78 is 0.696. The van der Waals surface area contributed by atoms with E-state index in [-0.39, 0.29) is 11.8 Å². The number of thiophene rings is 1. The van der Waals surface area contributed by atoms with Crippen LogP contribution in [0.4, 0.5) is 0 Å². The van der Waals surface area contributed by atoms with Crippen LogP contribution in [0.2, 0.25) is 4.34 Å². The Hall–Kier alpha value is -1.07. The lowest BCUT2D eigenvalue weighted by molar-refractivity contribution is -0.152. The van der Waals surface area contributed by atoms with Gasteiger partial charge < -0.3 is 10.0 Å². The van der Waals surface area contributed by atoms with Crippen molar-refractivity contribution >= 4 is 34.8 Å². The molecular formula is C14H18ClNO3S. The Morgan fingerprint density at radius 3 is 2.55 bits per heavy atom. The summed E-state index contributed by atoms with van der Waals surface area (Å²) in [7, 11) is 1.73. The highest BCUT2D eigenvalue weighted by molar-refractivity contribution is 7.16. The first kappa shape index (κ1) is 15.3. The SMILES string of the molecule is CN(Cc1ccc(Cl)s1)C(=O)[C@@H]1CCCC[C@@H]1C(=O)O. The lowest BCUT2D eigenvalue weighted by atomic mass is 9.78. The molecule has 1 heterocycles. The fourth-order valence-corrected chi connectivity index (χ4v) is 3.89. The highest BCUT2D eigenvalue weighted by atomic mass is 35.5. The lowest BCUT2D eigenvalue weighted by Gasteiger charge is -2.30. The van der Waals surface area contributed by atoms with E-state index in [9.17, 15) is 14.7 Å². The number of carbonyl (C=O) groups is 2. The summed E-state index contributed by atoms with van der Waals surface area (Å²) in [6.45, 7) is 0.485. The molecule has 1 fully saturated rings. The second-order valence-corrected chi connectivity index (χ2v) is 7.04. The van der Waals surface area contributed by atoms with Gasteiger partial charge >= 0.3 is 5.97 Å². The number of hydrogen-bond donors (Lipinski definition) is 1. The Morgan fingerprint density at radius 1 is 1.35 bits per heavy atom. The predicted octanol–water partition coefficient (Wildman–Crippen LogP) is 3.25. The first-order valence-electron chi connectivity index (χ1n) is 6.71. The van der Waals surface area contributed by atoms with E-state index in [1.165, 1.54) is 11.3 Å². The van der Waals surface area contributed by atoms with Crippen molar-refractivity contribution in [1.82, 2.24) is 4.90 Å². The summed E-state index contributed by atoms with van der Waals surface area (Å²) in [5, 5.41) is 9.25. The molecule has 1 aromatic rings.